The lowest BCUT2D eigenvalue weighted by Gasteiger charge is -1.78. The molecule has 0 amide bonds. The smallest absolute Gasteiger partial charge is 0.242 e. The molecule has 0 N–H and O–H groups in total. The fraction of sp³-hybridized carbons (Fsp3) is 0.500. The Balaban J connectivity index is 3.26. The van der Waals surface area contributed by atoms with Gasteiger partial charge in [-0.3, -0.25) is 0 Å². The molecule has 0 spiro atoms. The van der Waals surface area contributed by atoms with Crippen molar-refractivity contribution in [1.29, 1.82) is 0 Å². The summed E-state index contributed by atoms with van der Waals surface area (Å²) < 4.78 is 10.9. The van der Waals surface area contributed by atoms with Crippen molar-refractivity contribution in [2.45, 2.75) is 5.63 Å². The van der Waals surface area contributed by atoms with Crippen molar-refractivity contribution in [3.05, 3.63) is 0 Å². The van der Waals surface area contributed by atoms with Crippen LogP contribution in [-0.4, -0.2) is 11.6 Å². The zero-order valence-corrected chi connectivity index (χ0v) is 3.41. The summed E-state index contributed by atoms with van der Waals surface area (Å²) in [5.41, 5.74) is -2.37. The average molecular weight is 111 g/mol. The number of carbonyl (C=O) groups excluding carboxylic acids is 1. The van der Waals surface area contributed by atoms with E-state index in [-0.39, 0.29) is 0 Å². The van der Waals surface area contributed by atoms with Crippen molar-refractivity contribution < 1.29 is 14.3 Å². The minimum absolute atomic E-state index is 1.89. The average Bonchev–Trinajstić information content (AvgIpc) is 1.36. The second kappa shape index (κ2) is 1.97. The molecule has 2 nitrogen and oxygen atoms in total. The summed E-state index contributed by atoms with van der Waals surface area (Å²) in [6.45, 7) is 0. The number of alkyl halides is 2. The van der Waals surface area contributed by atoms with Gasteiger partial charge in [0.15, 0.2) is 0 Å². The first-order chi connectivity index (χ1) is 2.64. The van der Waals surface area contributed by atoms with E-state index in [0.29, 0.717) is 0 Å². The van der Waals surface area contributed by atoms with Crippen molar-refractivity contribution >= 4 is 17.6 Å². The molecule has 1 atom stereocenters. The van der Waals surface area contributed by atoms with Gasteiger partial charge >= 0.3 is 5.97 Å². The van der Waals surface area contributed by atoms with Crippen LogP contribution in [0, 0.1) is 0 Å². The Morgan fingerprint density at radius 3 is 2.00 bits per heavy atom. The summed E-state index contributed by atoms with van der Waals surface area (Å²) in [5, 5.41) is 9.08. The number of carbonyl (C=O) groups is 1. The molecule has 0 aliphatic heterocycles. The highest BCUT2D eigenvalue weighted by molar-refractivity contribution is 6.28. The molecule has 0 saturated carbocycles. The molecule has 0 aromatic heterocycles. The van der Waals surface area contributed by atoms with Gasteiger partial charge in [0.25, 0.3) is 5.63 Å². The lowest BCUT2D eigenvalue weighted by atomic mass is 10.8. The van der Waals surface area contributed by atoms with E-state index in [0.717, 1.165) is 0 Å². The number of hydrogen-bond acceptors (Lipinski definition) is 1. The van der Waals surface area contributed by atoms with Crippen LogP contribution in [0.3, 0.4) is 0 Å². The summed E-state index contributed by atoms with van der Waals surface area (Å²) in [6, 6.07) is 0. The Kier molecular flexibility index (Phi) is 1.87. The zero-order chi connectivity index (χ0) is 5.15. The van der Waals surface area contributed by atoms with E-state index in [1.54, 1.807) is 0 Å². The highest BCUT2D eigenvalue weighted by Crippen LogP contribution is 1.94. The summed E-state index contributed by atoms with van der Waals surface area (Å²) in [7, 11) is 0. The molecule has 0 aliphatic rings. The summed E-state index contributed by atoms with van der Waals surface area (Å²) in [6.07, 6.45) is 0. The summed E-state index contributed by atoms with van der Waals surface area (Å²) >= 11 is 4.28. The Bertz CT molecular complexity index is 62.6. The van der Waals surface area contributed by atoms with E-state index in [2.05, 4.69) is 11.6 Å². The molecule has 0 aromatic carbocycles. The topological polar surface area (TPSA) is 37.0 Å². The molecule has 0 heterocycles. The molecule has 35 valence electrons. The van der Waals surface area contributed by atoms with Crippen LogP contribution in [0.25, 0.3) is 0 Å². The minimum Gasteiger partial charge on any atom is -0.242 e. The molecule has 0 saturated heterocycles. The highest BCUT2D eigenvalue weighted by atomic mass is 35.5. The van der Waals surface area contributed by atoms with Gasteiger partial charge in [-0.15, -0.1) is 0 Å². The van der Waals surface area contributed by atoms with Crippen molar-refractivity contribution in [3.8, 4) is 0 Å². The predicted molar refractivity (Wildman–Crippen MR) is 16.4 cm³/mol. The van der Waals surface area contributed by atoms with Crippen LogP contribution >= 0.6 is 11.6 Å². The quantitative estimate of drug-likeness (QED) is 0.454. The second-order valence-corrected chi connectivity index (χ2v) is 1.00. The fourth-order valence-corrected chi connectivity index (χ4v) is 0. The first-order valence-electron chi connectivity index (χ1n) is 1.13. The van der Waals surface area contributed by atoms with Gasteiger partial charge in [-0.1, -0.05) is 11.6 Å². The van der Waals surface area contributed by atoms with Crippen molar-refractivity contribution in [1.82, 2.24) is 0 Å². The Hall–Kier alpha value is -0.310. The maximum absolute atomic E-state index is 10.9. The third-order valence-corrected chi connectivity index (χ3v) is 0.356. The third-order valence-electron chi connectivity index (χ3n) is 0.178. The van der Waals surface area contributed by atoms with Gasteiger partial charge in [-0.05, 0) is 0 Å². The molecule has 0 bridgehead atoms. The van der Waals surface area contributed by atoms with Crippen molar-refractivity contribution in [3.63, 3.8) is 0 Å². The molecular weight excluding hydrogens is 110 g/mol. The van der Waals surface area contributed by atoms with E-state index in [9.17, 15) is 4.39 Å². The molecule has 0 rings (SSSR count). The number of rotatable bonds is 1. The maximum atomic E-state index is 10.9. The Labute approximate surface area is 38.5 Å². The van der Waals surface area contributed by atoms with Crippen LogP contribution in [0.2, 0.25) is 0 Å². The fourth-order valence-electron chi connectivity index (χ4n) is 0. The van der Waals surface area contributed by atoms with Crippen LogP contribution in [0.5, 0.6) is 0 Å². The van der Waals surface area contributed by atoms with E-state index >= 15 is 0 Å². The monoisotopic (exact) mass is 111 g/mol. The zero-order valence-electron chi connectivity index (χ0n) is 2.65. The van der Waals surface area contributed by atoms with Gasteiger partial charge in [-0.2, -0.15) is 0 Å². The van der Waals surface area contributed by atoms with E-state index in [1.165, 1.54) is 0 Å². The molecule has 1 unspecified atom stereocenters. The first-order valence-corrected chi connectivity index (χ1v) is 1.57. The molecule has 1 radical (unpaired) electrons. The van der Waals surface area contributed by atoms with Crippen LogP contribution in [0.4, 0.5) is 4.39 Å². The molecule has 0 fully saturated rings. The van der Waals surface area contributed by atoms with Crippen LogP contribution in [0.1, 0.15) is 0 Å². The first kappa shape index (κ1) is 5.69. The standard InChI is InChI=1S/C2HClFO2/c3-1(4)2(5)6/h1H. The van der Waals surface area contributed by atoms with Crippen molar-refractivity contribution in [2.24, 2.45) is 0 Å². The van der Waals surface area contributed by atoms with Crippen LogP contribution in [0.15, 0.2) is 0 Å². The summed E-state index contributed by atoms with van der Waals surface area (Å²) in [5.74, 6) is -1.89. The normalized spacial score (nSPS) is 13.7. The molecule has 0 aromatic rings. The second-order valence-electron chi connectivity index (χ2n) is 0.620. The van der Waals surface area contributed by atoms with Gasteiger partial charge in [-0.25, -0.2) is 14.3 Å². The Morgan fingerprint density at radius 1 is 1.83 bits per heavy atom. The predicted octanol–water partition coefficient (Wildman–Crippen LogP) is 0.478. The van der Waals surface area contributed by atoms with Gasteiger partial charge in [0.2, 0.25) is 0 Å². The van der Waals surface area contributed by atoms with Gasteiger partial charge in [0.05, 0.1) is 0 Å². The number of hydrogen-bond donors (Lipinski definition) is 0. The van der Waals surface area contributed by atoms with E-state index in [1.807, 2.05) is 0 Å². The van der Waals surface area contributed by atoms with E-state index in [4.69, 9.17) is 9.90 Å². The molecule has 4 heteroatoms. The summed E-state index contributed by atoms with van der Waals surface area (Å²) in [4.78, 5) is 9.08. The van der Waals surface area contributed by atoms with Crippen LogP contribution in [-0.2, 0) is 9.90 Å². The molecule has 6 heavy (non-hydrogen) atoms. The lowest BCUT2D eigenvalue weighted by molar-refractivity contribution is -0.145. The maximum Gasteiger partial charge on any atom is 0.404 e. The van der Waals surface area contributed by atoms with E-state index < -0.39 is 11.6 Å². The van der Waals surface area contributed by atoms with Crippen molar-refractivity contribution in [2.75, 3.05) is 0 Å². The molecular formula is C2HClFO2. The highest BCUT2D eigenvalue weighted by Gasteiger charge is 2.11. The third kappa shape index (κ3) is 1.96. The van der Waals surface area contributed by atoms with Crippen LogP contribution < -0.4 is 0 Å². The lowest BCUT2D eigenvalue weighted by Crippen LogP contribution is -2.03. The Morgan fingerprint density at radius 2 is 2.00 bits per heavy atom. The largest absolute Gasteiger partial charge is 0.404 e. The van der Waals surface area contributed by atoms with Gasteiger partial charge in [0.1, 0.15) is 0 Å². The van der Waals surface area contributed by atoms with Gasteiger partial charge in [0, 0.05) is 0 Å². The van der Waals surface area contributed by atoms with Gasteiger partial charge < -0.3 is 0 Å². The molecule has 0 aliphatic carbocycles. The number of halogens is 2. The minimum atomic E-state index is -2.37. The SMILES string of the molecule is [O]C(=O)C(F)Cl.